The van der Waals surface area contributed by atoms with Gasteiger partial charge in [0.2, 0.25) is 17.7 Å². The van der Waals surface area contributed by atoms with Crippen LogP contribution in [0.15, 0.2) is 31.5 Å². The zero-order chi connectivity index (χ0) is 67.0. The van der Waals surface area contributed by atoms with E-state index in [2.05, 4.69) is 60.4 Å². The number of methoxy groups -OCH3 is 3. The third kappa shape index (κ3) is 25.7. The summed E-state index contributed by atoms with van der Waals surface area (Å²) in [5.74, 6) is -2.97. The SMILES string of the molecule is CCCC(=O)OCN(C(=O)[C@H](N=[N+]=[N-])[C@@H](C)CC)[C@H](C[C@@H](C)c1nc(C(=O)OC)cs1)C(C)C.CC[C@H](C)[C@@H](N=[N+]=[N-])C(=O)N[C@H](C[C@@H](C)c1nc(C(=O)OC)cs1)C(C)C.CC[C@H](C)[C@@H](N=[N+]=[N-])C(=O)N[C@H](C[C@@H](O)c1nc(C(=O)OC)cs1)C(C)C. The number of hydrogen-bond donors (Lipinski definition) is 3. The summed E-state index contributed by atoms with van der Waals surface area (Å²) in [4.78, 5) is 109. The van der Waals surface area contributed by atoms with Crippen LogP contribution in [0.2, 0.25) is 0 Å². The molecule has 88 heavy (non-hydrogen) atoms. The lowest BCUT2D eigenvalue weighted by Gasteiger charge is -2.37. The van der Waals surface area contributed by atoms with Crippen molar-refractivity contribution in [2.45, 2.75) is 209 Å². The maximum Gasteiger partial charge on any atom is 0.357 e. The third-order valence-corrected chi connectivity index (χ3v) is 18.1. The quantitative estimate of drug-likeness (QED) is 0.0125. The number of ether oxygens (including phenoxy) is 4. The molecule has 3 aromatic rings. The summed E-state index contributed by atoms with van der Waals surface area (Å²) in [6.07, 6.45) is 3.45. The number of nitrogens with zero attached hydrogens (tertiary/aromatic N) is 13. The Morgan fingerprint density at radius 1 is 0.557 bits per heavy atom. The number of aromatic nitrogens is 3. The first-order valence-electron chi connectivity index (χ1n) is 29.6. The van der Waals surface area contributed by atoms with Gasteiger partial charge in [-0.15, -0.1) is 34.0 Å². The fourth-order valence-electron chi connectivity index (χ4n) is 8.64. The number of aliphatic hydroxyl groups is 1. The molecule has 0 saturated carbocycles. The maximum absolute atomic E-state index is 13.6. The molecule has 0 spiro atoms. The fraction of sp³-hybridized carbons (Fsp3) is 0.724. The fourth-order valence-corrected chi connectivity index (χ4v) is 11.2. The molecule has 3 heterocycles. The molecular formula is C58H93N15O12S3. The molecular weight excluding hydrogens is 1190 g/mol. The van der Waals surface area contributed by atoms with Crippen LogP contribution < -0.4 is 10.6 Å². The van der Waals surface area contributed by atoms with Gasteiger partial charge >= 0.3 is 23.9 Å². The van der Waals surface area contributed by atoms with E-state index in [-0.39, 0.29) is 120 Å². The van der Waals surface area contributed by atoms with Gasteiger partial charge in [0.05, 0.1) is 31.3 Å². The maximum atomic E-state index is 13.6. The zero-order valence-electron chi connectivity index (χ0n) is 54.2. The van der Waals surface area contributed by atoms with E-state index in [0.29, 0.717) is 42.8 Å². The molecule has 3 amide bonds. The Bertz CT molecular complexity index is 2710. The molecule has 3 aromatic heterocycles. The smallest absolute Gasteiger partial charge is 0.357 e. The van der Waals surface area contributed by atoms with Gasteiger partial charge in [-0.1, -0.05) is 138 Å². The summed E-state index contributed by atoms with van der Waals surface area (Å²) in [5, 5.41) is 34.3. The minimum atomic E-state index is -0.942. The molecule has 490 valence electrons. The van der Waals surface area contributed by atoms with Gasteiger partial charge < -0.3 is 39.6 Å². The number of esters is 4. The second-order valence-electron chi connectivity index (χ2n) is 22.6. The summed E-state index contributed by atoms with van der Waals surface area (Å²) < 4.78 is 19.5. The molecule has 0 aliphatic heterocycles. The van der Waals surface area contributed by atoms with Crippen LogP contribution in [0.3, 0.4) is 0 Å². The van der Waals surface area contributed by atoms with Crippen LogP contribution in [0.25, 0.3) is 31.3 Å². The number of hydrogen-bond acceptors (Lipinski definition) is 21. The van der Waals surface area contributed by atoms with Crippen molar-refractivity contribution in [3.8, 4) is 0 Å². The van der Waals surface area contributed by atoms with Crippen molar-refractivity contribution in [3.63, 3.8) is 0 Å². The van der Waals surface area contributed by atoms with Crippen molar-refractivity contribution in [1.82, 2.24) is 30.5 Å². The monoisotopic (exact) mass is 1290 g/mol. The first-order valence-corrected chi connectivity index (χ1v) is 32.2. The third-order valence-electron chi connectivity index (χ3n) is 15.0. The Morgan fingerprint density at radius 3 is 1.28 bits per heavy atom. The molecule has 27 nitrogen and oxygen atoms in total. The lowest BCUT2D eigenvalue weighted by molar-refractivity contribution is -0.157. The van der Waals surface area contributed by atoms with Gasteiger partial charge in [-0.3, -0.25) is 19.2 Å². The highest BCUT2D eigenvalue weighted by Crippen LogP contribution is 2.32. The minimum Gasteiger partial charge on any atom is -0.464 e. The number of carbonyl (C=O) groups excluding carboxylic acids is 7. The molecule has 0 unspecified atom stereocenters. The molecule has 3 N–H and O–H groups in total. The summed E-state index contributed by atoms with van der Waals surface area (Å²) >= 11 is 3.92. The van der Waals surface area contributed by atoms with E-state index in [1.165, 1.54) is 54.3 Å². The van der Waals surface area contributed by atoms with Gasteiger partial charge in [0.25, 0.3) is 0 Å². The van der Waals surface area contributed by atoms with Crippen LogP contribution in [-0.4, -0.2) is 131 Å². The molecule has 0 bridgehead atoms. The summed E-state index contributed by atoms with van der Waals surface area (Å²) in [5.41, 5.74) is 27.3. The van der Waals surface area contributed by atoms with Crippen LogP contribution in [0.5, 0.6) is 0 Å². The number of amides is 3. The minimum absolute atomic E-state index is 0.0139. The second kappa shape index (κ2) is 41.3. The summed E-state index contributed by atoms with van der Waals surface area (Å²) in [7, 11) is 3.90. The Labute approximate surface area is 529 Å². The van der Waals surface area contributed by atoms with E-state index in [0.717, 1.165) is 27.8 Å². The Balaban J connectivity index is 0.000000667. The van der Waals surface area contributed by atoms with E-state index < -0.39 is 42.1 Å². The summed E-state index contributed by atoms with van der Waals surface area (Å²) in [6, 6.07) is -3.19. The first kappa shape index (κ1) is 79.1. The van der Waals surface area contributed by atoms with E-state index >= 15 is 0 Å². The molecule has 0 saturated heterocycles. The molecule has 0 aromatic carbocycles. The molecule has 0 aliphatic carbocycles. The molecule has 30 heteroatoms. The number of azide groups is 3. The van der Waals surface area contributed by atoms with Crippen LogP contribution >= 0.6 is 34.0 Å². The van der Waals surface area contributed by atoms with Crippen molar-refractivity contribution in [3.05, 3.63) is 79.6 Å². The highest BCUT2D eigenvalue weighted by Gasteiger charge is 2.36. The van der Waals surface area contributed by atoms with E-state index in [9.17, 15) is 38.7 Å². The number of thiazole rings is 3. The van der Waals surface area contributed by atoms with E-state index in [1.54, 1.807) is 10.8 Å². The molecule has 0 aliphatic rings. The summed E-state index contributed by atoms with van der Waals surface area (Å²) in [6.45, 7) is 28.9. The number of aliphatic hydroxyl groups excluding tert-OH is 1. The van der Waals surface area contributed by atoms with E-state index in [4.69, 9.17) is 30.8 Å². The van der Waals surface area contributed by atoms with E-state index in [1.807, 2.05) is 104 Å². The van der Waals surface area contributed by atoms with Crippen molar-refractivity contribution in [2.75, 3.05) is 28.1 Å². The van der Waals surface area contributed by atoms with Gasteiger partial charge in [-0.2, -0.15) is 0 Å². The molecule has 0 fully saturated rings. The van der Waals surface area contributed by atoms with Gasteiger partial charge in [0.15, 0.2) is 23.8 Å². The van der Waals surface area contributed by atoms with Gasteiger partial charge in [0.1, 0.15) is 29.2 Å². The van der Waals surface area contributed by atoms with Gasteiger partial charge in [-0.05, 0) is 71.4 Å². The lowest BCUT2D eigenvalue weighted by Crippen LogP contribution is -2.50. The molecule has 12 atom stereocenters. The number of rotatable bonds is 34. The predicted octanol–water partition coefficient (Wildman–Crippen LogP) is 12.8. The van der Waals surface area contributed by atoms with Crippen molar-refractivity contribution < 1.29 is 57.6 Å². The molecule has 3 rings (SSSR count). The van der Waals surface area contributed by atoms with Crippen molar-refractivity contribution in [1.29, 1.82) is 0 Å². The standard InChI is InChI=1S/C23H37N5O5S.C18H29N5O3S.C17H27N5O4S/c1-8-10-19(29)33-13-28(22(30)20(26-27-24)15(5)9-2)18(14(3)4)11-16(6)21-25-17(12-34-21)23(31)32-7;1-7-11(4)15(22-23-19)16(24)20-13(10(2)3)8-12(5)17-21-14(9-27-17)18(25)26-6;1-6-10(4)14(21-22-18)15(24)19-11(9(2)3)7-13(23)16-20-12(8-27-16)17(25)26-5/h12,14-16,18,20H,8-11,13H2,1-7H3;9-13,15H,7-8H2,1-6H3,(H,20,24);8-11,13-14,23H,6-7H2,1-5H3,(H,19,24)/t15-,16+,18+,20+;11-,12+,13+,15+;10-,11+,13+,14+/m000/s1. The Kier molecular flexibility index (Phi) is 37.1. The zero-order valence-corrected chi connectivity index (χ0v) is 56.7. The van der Waals surface area contributed by atoms with Gasteiger partial charge in [-0.25, -0.2) is 29.3 Å². The van der Waals surface area contributed by atoms with Crippen LogP contribution in [0.1, 0.15) is 220 Å². The highest BCUT2D eigenvalue weighted by atomic mass is 32.1. The average Bonchev–Trinajstić information content (AvgIpc) is 2.13. The number of carbonyl (C=O) groups is 7. The Hall–Kier alpha value is -6.93. The van der Waals surface area contributed by atoms with Gasteiger partial charge in [0, 0.05) is 73.7 Å². The van der Waals surface area contributed by atoms with Crippen LogP contribution in [-0.2, 0) is 38.1 Å². The van der Waals surface area contributed by atoms with Crippen LogP contribution in [0.4, 0.5) is 0 Å². The first-order chi connectivity index (χ1) is 41.6. The largest absolute Gasteiger partial charge is 0.464 e. The normalized spacial score (nSPS) is 15.0. The average molecular weight is 1290 g/mol. The van der Waals surface area contributed by atoms with Crippen molar-refractivity contribution in [2.24, 2.45) is 50.9 Å². The predicted molar refractivity (Wildman–Crippen MR) is 338 cm³/mol. The lowest BCUT2D eigenvalue weighted by atomic mass is 9.91. The van der Waals surface area contributed by atoms with Crippen LogP contribution in [0, 0.1) is 35.5 Å². The second-order valence-corrected chi connectivity index (χ2v) is 25.2. The number of nitrogens with one attached hydrogen (secondary N) is 2. The Morgan fingerprint density at radius 2 is 0.920 bits per heavy atom. The topological polar surface area (TPSA) is 389 Å². The highest BCUT2D eigenvalue weighted by molar-refractivity contribution is 7.10. The molecule has 0 radical (unpaired) electrons. The van der Waals surface area contributed by atoms with Crippen molar-refractivity contribution >= 4 is 75.6 Å².